The zero-order valence-corrected chi connectivity index (χ0v) is 21.6. The van der Waals surface area contributed by atoms with Crippen LogP contribution in [0.15, 0.2) is 36.4 Å². The zero-order chi connectivity index (χ0) is 24.8. The molecule has 0 spiro atoms. The quantitative estimate of drug-likeness (QED) is 0.414. The summed E-state index contributed by atoms with van der Waals surface area (Å²) in [5.41, 5.74) is 1.91. The number of nitrogens with zero attached hydrogens (tertiary/aromatic N) is 3. The van der Waals surface area contributed by atoms with Gasteiger partial charge in [-0.25, -0.2) is 4.98 Å². The number of ether oxygens (including phenoxy) is 4. The highest BCUT2D eigenvalue weighted by Gasteiger charge is 2.24. The van der Waals surface area contributed by atoms with E-state index in [0.29, 0.717) is 53.6 Å². The Labute approximate surface area is 210 Å². The topological polar surface area (TPSA) is 73.4 Å². The summed E-state index contributed by atoms with van der Waals surface area (Å²) in [6.07, 6.45) is 0. The van der Waals surface area contributed by atoms with Crippen LogP contribution in [0, 0.1) is 0 Å². The second-order valence-electron chi connectivity index (χ2n) is 8.66. The number of hydrogen-bond donors (Lipinski definition) is 0. The number of methoxy groups -OCH3 is 2. The van der Waals surface area contributed by atoms with Crippen molar-refractivity contribution in [2.24, 2.45) is 0 Å². The monoisotopic (exact) mass is 499 g/mol. The van der Waals surface area contributed by atoms with Gasteiger partial charge in [-0.1, -0.05) is 37.3 Å². The minimum absolute atomic E-state index is 0.0751. The van der Waals surface area contributed by atoms with Gasteiger partial charge in [-0.05, 0) is 35.7 Å². The molecular weight excluding hydrogens is 466 g/mol. The van der Waals surface area contributed by atoms with E-state index in [9.17, 15) is 4.79 Å². The maximum atomic E-state index is 13.4. The van der Waals surface area contributed by atoms with Gasteiger partial charge in [0.2, 0.25) is 0 Å². The van der Waals surface area contributed by atoms with E-state index in [2.05, 4.69) is 18.7 Å². The number of aromatic nitrogens is 1. The highest BCUT2D eigenvalue weighted by Crippen LogP contribution is 2.40. The first-order chi connectivity index (χ1) is 17.0. The van der Waals surface area contributed by atoms with Crippen molar-refractivity contribution in [3.63, 3.8) is 0 Å². The maximum absolute atomic E-state index is 13.4. The van der Waals surface area contributed by atoms with Crippen molar-refractivity contribution in [1.29, 1.82) is 0 Å². The minimum Gasteiger partial charge on any atom is -0.495 e. The van der Waals surface area contributed by atoms with Crippen LogP contribution in [0.4, 0.5) is 5.13 Å². The fourth-order valence-electron chi connectivity index (χ4n) is 3.95. The Kier molecular flexibility index (Phi) is 8.43. The van der Waals surface area contributed by atoms with Gasteiger partial charge >= 0.3 is 0 Å². The van der Waals surface area contributed by atoms with Crippen LogP contribution in [0.1, 0.15) is 25.3 Å². The van der Waals surface area contributed by atoms with Crippen molar-refractivity contribution < 1.29 is 23.7 Å². The van der Waals surface area contributed by atoms with Crippen molar-refractivity contribution in [3.05, 3.63) is 42.0 Å². The summed E-state index contributed by atoms with van der Waals surface area (Å²) in [6, 6.07) is 11.6. The summed E-state index contributed by atoms with van der Waals surface area (Å²) >= 11 is 1.42. The Balaban J connectivity index is 1.56. The third-order valence-electron chi connectivity index (χ3n) is 6.08. The fraction of sp³-hybridized carbons (Fsp3) is 0.462. The summed E-state index contributed by atoms with van der Waals surface area (Å²) in [5.74, 6) is 2.30. The molecule has 4 rings (SSSR count). The highest BCUT2D eigenvalue weighted by molar-refractivity contribution is 7.22. The first kappa shape index (κ1) is 25.2. The summed E-state index contributed by atoms with van der Waals surface area (Å²) in [4.78, 5) is 22.2. The fourth-order valence-corrected chi connectivity index (χ4v) is 5.07. The number of rotatable bonds is 10. The smallest absolute Gasteiger partial charge is 0.266 e. The maximum Gasteiger partial charge on any atom is 0.266 e. The number of carbonyl (C=O) groups excluding carboxylic acids is 1. The van der Waals surface area contributed by atoms with E-state index in [1.165, 1.54) is 16.9 Å². The van der Waals surface area contributed by atoms with E-state index in [-0.39, 0.29) is 12.5 Å². The molecule has 3 aromatic rings. The number of benzene rings is 2. The van der Waals surface area contributed by atoms with E-state index >= 15 is 0 Å². The Morgan fingerprint density at radius 1 is 1.09 bits per heavy atom. The van der Waals surface area contributed by atoms with Crippen LogP contribution in [-0.4, -0.2) is 76.0 Å². The molecule has 0 atom stereocenters. The second kappa shape index (κ2) is 11.7. The molecule has 1 aliphatic heterocycles. The number of amides is 1. The molecule has 1 amide bonds. The van der Waals surface area contributed by atoms with Gasteiger partial charge in [0.1, 0.15) is 27.5 Å². The molecule has 188 valence electrons. The molecular formula is C26H33N3O5S. The van der Waals surface area contributed by atoms with Gasteiger partial charge < -0.3 is 18.9 Å². The van der Waals surface area contributed by atoms with Crippen molar-refractivity contribution >= 4 is 32.6 Å². The minimum atomic E-state index is -0.150. The lowest BCUT2D eigenvalue weighted by Crippen LogP contribution is -2.44. The van der Waals surface area contributed by atoms with Crippen molar-refractivity contribution in [3.8, 4) is 17.2 Å². The molecule has 1 aliphatic rings. The molecule has 9 heteroatoms. The third-order valence-corrected chi connectivity index (χ3v) is 7.18. The number of hydrogen-bond acceptors (Lipinski definition) is 8. The van der Waals surface area contributed by atoms with E-state index in [1.54, 1.807) is 19.1 Å². The molecule has 0 saturated carbocycles. The molecule has 1 fully saturated rings. The molecule has 0 aliphatic carbocycles. The standard InChI is InChI=1S/C26H33N3O5S/c1-18(2)19-5-7-20(8-6-19)34-17-23(30)29(12-11-28-13-15-33-16-14-28)26-27-24-21(31-3)9-10-22(32-4)25(24)35-26/h5-10,18H,11-17H2,1-4H3. The molecule has 1 saturated heterocycles. The Morgan fingerprint density at radius 3 is 2.43 bits per heavy atom. The average molecular weight is 500 g/mol. The van der Waals surface area contributed by atoms with E-state index < -0.39 is 0 Å². The predicted octanol–water partition coefficient (Wildman–Crippen LogP) is 4.18. The van der Waals surface area contributed by atoms with Gasteiger partial charge in [-0.3, -0.25) is 14.6 Å². The molecule has 35 heavy (non-hydrogen) atoms. The molecule has 8 nitrogen and oxygen atoms in total. The lowest BCUT2D eigenvalue weighted by Gasteiger charge is -2.29. The SMILES string of the molecule is COc1ccc(OC)c2sc(N(CCN3CCOCC3)C(=O)COc3ccc(C(C)C)cc3)nc12. The molecule has 0 N–H and O–H groups in total. The summed E-state index contributed by atoms with van der Waals surface area (Å²) < 4.78 is 23.2. The van der Waals surface area contributed by atoms with Gasteiger partial charge in [0.25, 0.3) is 5.91 Å². The van der Waals surface area contributed by atoms with Crippen molar-refractivity contribution in [2.45, 2.75) is 19.8 Å². The van der Waals surface area contributed by atoms with Crippen LogP contribution in [-0.2, 0) is 9.53 Å². The Morgan fingerprint density at radius 2 is 1.77 bits per heavy atom. The van der Waals surface area contributed by atoms with Crippen molar-refractivity contribution in [2.75, 3.05) is 65.1 Å². The third kappa shape index (κ3) is 6.04. The second-order valence-corrected chi connectivity index (χ2v) is 9.63. The van der Waals surface area contributed by atoms with Gasteiger partial charge in [0.15, 0.2) is 11.7 Å². The first-order valence-electron chi connectivity index (χ1n) is 11.8. The number of anilines is 1. The van der Waals surface area contributed by atoms with E-state index in [4.69, 9.17) is 23.9 Å². The summed E-state index contributed by atoms with van der Waals surface area (Å²) in [7, 11) is 3.24. The zero-order valence-electron chi connectivity index (χ0n) is 20.8. The van der Waals surface area contributed by atoms with Crippen LogP contribution in [0.2, 0.25) is 0 Å². The van der Waals surface area contributed by atoms with Gasteiger partial charge in [-0.15, -0.1) is 0 Å². The Hall–Kier alpha value is -2.88. The molecule has 2 aromatic carbocycles. The number of carbonyl (C=O) groups is 1. The van der Waals surface area contributed by atoms with Gasteiger partial charge in [0.05, 0.1) is 27.4 Å². The molecule has 0 radical (unpaired) electrons. The summed E-state index contributed by atoms with van der Waals surface area (Å²) in [5, 5.41) is 0.597. The number of fused-ring (bicyclic) bond motifs is 1. The lowest BCUT2D eigenvalue weighted by atomic mass is 10.0. The van der Waals surface area contributed by atoms with Crippen LogP contribution in [0.5, 0.6) is 17.2 Å². The molecule has 0 unspecified atom stereocenters. The highest BCUT2D eigenvalue weighted by atomic mass is 32.1. The predicted molar refractivity (Wildman–Crippen MR) is 138 cm³/mol. The first-order valence-corrected chi connectivity index (χ1v) is 12.7. The molecule has 0 bridgehead atoms. The lowest BCUT2D eigenvalue weighted by molar-refractivity contribution is -0.120. The summed E-state index contributed by atoms with van der Waals surface area (Å²) in [6.45, 7) is 8.56. The molecule has 2 heterocycles. The Bertz CT molecular complexity index is 1080. The normalized spacial score (nSPS) is 14.3. The van der Waals surface area contributed by atoms with Crippen LogP contribution >= 0.6 is 11.3 Å². The van der Waals surface area contributed by atoms with Crippen molar-refractivity contribution in [1.82, 2.24) is 9.88 Å². The van der Waals surface area contributed by atoms with Crippen LogP contribution < -0.4 is 19.1 Å². The number of morpholine rings is 1. The average Bonchev–Trinajstić information content (AvgIpc) is 3.33. The van der Waals surface area contributed by atoms with Crippen LogP contribution in [0.3, 0.4) is 0 Å². The van der Waals surface area contributed by atoms with Crippen LogP contribution in [0.25, 0.3) is 10.2 Å². The van der Waals surface area contributed by atoms with Gasteiger partial charge in [-0.2, -0.15) is 0 Å². The van der Waals surface area contributed by atoms with E-state index in [1.807, 2.05) is 36.4 Å². The largest absolute Gasteiger partial charge is 0.495 e. The molecule has 1 aromatic heterocycles. The van der Waals surface area contributed by atoms with E-state index in [0.717, 1.165) is 24.3 Å². The van der Waals surface area contributed by atoms with Gasteiger partial charge in [0, 0.05) is 26.2 Å². The number of thiazole rings is 1.